The highest BCUT2D eigenvalue weighted by atomic mass is 16.6. The minimum atomic E-state index is -1.09. The Kier molecular flexibility index (Phi) is 7.30. The van der Waals surface area contributed by atoms with E-state index in [9.17, 15) is 19.5 Å². The van der Waals surface area contributed by atoms with Crippen molar-refractivity contribution in [2.24, 2.45) is 17.8 Å². The van der Waals surface area contributed by atoms with E-state index in [0.717, 1.165) is 0 Å². The molecule has 1 N–H and O–H groups in total. The molecule has 1 spiro atoms. The van der Waals surface area contributed by atoms with E-state index in [1.165, 1.54) is 0 Å². The topological polar surface area (TPSA) is 96.4 Å². The highest BCUT2D eigenvalue weighted by molar-refractivity contribution is 5.98. The van der Waals surface area contributed by atoms with Gasteiger partial charge in [0.1, 0.15) is 11.6 Å². The molecule has 33 heavy (non-hydrogen) atoms. The average Bonchev–Trinajstić information content (AvgIpc) is 3.36. The first-order valence-corrected chi connectivity index (χ1v) is 12.1. The van der Waals surface area contributed by atoms with Crippen LogP contribution < -0.4 is 0 Å². The molecule has 0 unspecified atom stereocenters. The van der Waals surface area contributed by atoms with E-state index in [0.29, 0.717) is 25.8 Å². The van der Waals surface area contributed by atoms with Crippen LogP contribution in [-0.4, -0.2) is 81.8 Å². The van der Waals surface area contributed by atoms with Crippen LogP contribution in [0.1, 0.15) is 60.8 Å². The lowest BCUT2D eigenvalue weighted by molar-refractivity contribution is -0.157. The zero-order valence-electron chi connectivity index (χ0n) is 20.9. The van der Waals surface area contributed by atoms with E-state index >= 15 is 0 Å². The minimum Gasteiger partial charge on any atom is -0.466 e. The first kappa shape index (κ1) is 25.7. The second kappa shape index (κ2) is 9.37. The van der Waals surface area contributed by atoms with Crippen molar-refractivity contribution in [3.8, 4) is 0 Å². The molecule has 8 nitrogen and oxygen atoms in total. The van der Waals surface area contributed by atoms with Crippen LogP contribution in [0.15, 0.2) is 12.7 Å². The highest BCUT2D eigenvalue weighted by Gasteiger charge is 2.75. The lowest BCUT2D eigenvalue weighted by Gasteiger charge is -2.43. The summed E-state index contributed by atoms with van der Waals surface area (Å²) in [5.74, 6) is -2.28. The summed E-state index contributed by atoms with van der Waals surface area (Å²) >= 11 is 0. The fraction of sp³-hybridized carbons (Fsp3) is 0.800. The van der Waals surface area contributed by atoms with Crippen LogP contribution in [0.3, 0.4) is 0 Å². The first-order chi connectivity index (χ1) is 15.4. The lowest BCUT2D eigenvalue weighted by Crippen LogP contribution is -2.61. The molecule has 0 aromatic heterocycles. The summed E-state index contributed by atoms with van der Waals surface area (Å²) in [6.45, 7) is 15.7. The van der Waals surface area contributed by atoms with Gasteiger partial charge in [-0.15, -0.1) is 6.58 Å². The Balaban J connectivity index is 2.12. The van der Waals surface area contributed by atoms with Crippen LogP contribution in [0.25, 0.3) is 0 Å². The van der Waals surface area contributed by atoms with Crippen molar-refractivity contribution in [2.45, 2.75) is 90.1 Å². The summed E-state index contributed by atoms with van der Waals surface area (Å²) < 4.78 is 11.7. The molecule has 3 aliphatic heterocycles. The van der Waals surface area contributed by atoms with Gasteiger partial charge in [-0.05, 0) is 52.9 Å². The van der Waals surface area contributed by atoms with Crippen LogP contribution in [0.2, 0.25) is 0 Å². The average molecular weight is 465 g/mol. The van der Waals surface area contributed by atoms with Crippen LogP contribution in [0, 0.1) is 17.8 Å². The van der Waals surface area contributed by atoms with Crippen molar-refractivity contribution in [2.75, 3.05) is 19.8 Å². The number of hydrogen-bond acceptors (Lipinski definition) is 6. The van der Waals surface area contributed by atoms with Crippen LogP contribution in [-0.2, 0) is 23.9 Å². The molecule has 0 aromatic rings. The predicted octanol–water partition coefficient (Wildman–Crippen LogP) is 2.14. The summed E-state index contributed by atoms with van der Waals surface area (Å²) in [6, 6.07) is -1.45. The monoisotopic (exact) mass is 464 g/mol. The van der Waals surface area contributed by atoms with E-state index in [4.69, 9.17) is 9.47 Å². The Morgan fingerprint density at radius 1 is 1.39 bits per heavy atom. The number of likely N-dealkylation sites (tertiary alicyclic amines) is 1. The van der Waals surface area contributed by atoms with Gasteiger partial charge in [0.2, 0.25) is 11.8 Å². The number of hydrogen-bond donors (Lipinski definition) is 1. The number of rotatable bonds is 9. The lowest BCUT2D eigenvalue weighted by atomic mass is 9.70. The number of ether oxygens (including phenoxy) is 2. The molecule has 0 radical (unpaired) electrons. The zero-order valence-corrected chi connectivity index (χ0v) is 20.9. The van der Waals surface area contributed by atoms with E-state index < -0.39 is 47.1 Å². The number of esters is 1. The molecule has 3 saturated heterocycles. The molecule has 0 aromatic carbocycles. The van der Waals surface area contributed by atoms with Gasteiger partial charge in [0.15, 0.2) is 0 Å². The maximum absolute atomic E-state index is 14.2. The van der Waals surface area contributed by atoms with Crippen molar-refractivity contribution in [1.29, 1.82) is 0 Å². The molecule has 3 aliphatic rings. The summed E-state index contributed by atoms with van der Waals surface area (Å²) in [6.07, 6.45) is 2.89. The fourth-order valence-electron chi connectivity index (χ4n) is 6.06. The quantitative estimate of drug-likeness (QED) is 0.415. The first-order valence-electron chi connectivity index (χ1n) is 12.1. The van der Waals surface area contributed by atoms with Gasteiger partial charge in [-0.3, -0.25) is 14.4 Å². The van der Waals surface area contributed by atoms with Gasteiger partial charge in [0.25, 0.3) is 0 Å². The van der Waals surface area contributed by atoms with E-state index in [1.807, 2.05) is 34.6 Å². The molecule has 0 aliphatic carbocycles. The summed E-state index contributed by atoms with van der Waals surface area (Å²) in [4.78, 5) is 44.3. The molecule has 3 heterocycles. The number of carbonyl (C=O) groups excluding carboxylic acids is 3. The number of carbonyl (C=O) groups is 3. The van der Waals surface area contributed by atoms with E-state index in [1.54, 1.807) is 22.8 Å². The van der Waals surface area contributed by atoms with E-state index in [-0.39, 0.29) is 30.9 Å². The van der Waals surface area contributed by atoms with Crippen LogP contribution in [0.5, 0.6) is 0 Å². The molecule has 8 heteroatoms. The smallest absolute Gasteiger partial charge is 0.312 e. The summed E-state index contributed by atoms with van der Waals surface area (Å²) in [5.41, 5.74) is -1.61. The van der Waals surface area contributed by atoms with Crippen LogP contribution in [0.4, 0.5) is 0 Å². The SMILES string of the molecule is C=CCN(C(=O)[C@@H]1N([C@@H](CO)CC(C)C)C(=O)[C@H]2[C@H](C(=O)OCC)[C@@H]3CC[C@]12O3)C(C)(C)C. The maximum atomic E-state index is 14.2. The van der Waals surface area contributed by atoms with Crippen molar-refractivity contribution in [3.63, 3.8) is 0 Å². The number of nitrogens with zero attached hydrogens (tertiary/aromatic N) is 2. The molecule has 2 bridgehead atoms. The standard InChI is InChI=1S/C25H40N2O6/c1-8-12-26(24(5,6)7)22(30)20-25-11-10-17(33-25)18(23(31)32-9-2)19(25)21(29)27(20)16(14-28)13-15(3)4/h8,15-20,28H,1,9-14H2,2-7H3/t16-,17+,18-,19-,20+,25-/m1/s1. The minimum absolute atomic E-state index is 0.202. The Hall–Kier alpha value is -1.93. The summed E-state index contributed by atoms with van der Waals surface area (Å²) in [5, 5.41) is 10.3. The molecule has 2 amide bonds. The van der Waals surface area contributed by atoms with Crippen molar-refractivity contribution in [1.82, 2.24) is 9.80 Å². The molecule has 3 fully saturated rings. The Labute approximate surface area is 197 Å². The number of amides is 2. The number of aliphatic hydroxyl groups is 1. The highest BCUT2D eigenvalue weighted by Crippen LogP contribution is 2.59. The largest absolute Gasteiger partial charge is 0.466 e. The van der Waals surface area contributed by atoms with E-state index in [2.05, 4.69) is 6.58 Å². The van der Waals surface area contributed by atoms with Crippen LogP contribution >= 0.6 is 0 Å². The third-order valence-corrected chi connectivity index (χ3v) is 7.27. The van der Waals surface area contributed by atoms with Gasteiger partial charge in [-0.1, -0.05) is 19.9 Å². The van der Waals surface area contributed by atoms with Crippen molar-refractivity contribution < 1.29 is 29.0 Å². The van der Waals surface area contributed by atoms with Gasteiger partial charge in [0, 0.05) is 12.1 Å². The molecular formula is C25H40N2O6. The van der Waals surface area contributed by atoms with Gasteiger partial charge < -0.3 is 24.4 Å². The molecule has 0 saturated carbocycles. The third kappa shape index (κ3) is 4.20. The molecular weight excluding hydrogens is 424 g/mol. The van der Waals surface area contributed by atoms with Gasteiger partial charge >= 0.3 is 5.97 Å². The molecule has 6 atom stereocenters. The van der Waals surface area contributed by atoms with Crippen molar-refractivity contribution >= 4 is 17.8 Å². The molecule has 186 valence electrons. The predicted molar refractivity (Wildman–Crippen MR) is 123 cm³/mol. The number of aliphatic hydroxyl groups excluding tert-OH is 1. The third-order valence-electron chi connectivity index (χ3n) is 7.27. The van der Waals surface area contributed by atoms with Gasteiger partial charge in [-0.25, -0.2) is 0 Å². The van der Waals surface area contributed by atoms with Crippen molar-refractivity contribution in [3.05, 3.63) is 12.7 Å². The van der Waals surface area contributed by atoms with Gasteiger partial charge in [0.05, 0.1) is 37.2 Å². The Bertz CT molecular complexity index is 790. The molecule has 3 rings (SSSR count). The normalized spacial score (nSPS) is 31.6. The van der Waals surface area contributed by atoms with Gasteiger partial charge in [-0.2, -0.15) is 0 Å². The Morgan fingerprint density at radius 2 is 2.06 bits per heavy atom. The number of fused-ring (bicyclic) bond motifs is 1. The fourth-order valence-corrected chi connectivity index (χ4v) is 6.06. The Morgan fingerprint density at radius 3 is 2.58 bits per heavy atom. The summed E-state index contributed by atoms with van der Waals surface area (Å²) in [7, 11) is 0. The zero-order chi connectivity index (χ0) is 24.7. The second-order valence-corrected chi connectivity index (χ2v) is 10.9. The second-order valence-electron chi connectivity index (χ2n) is 10.9. The maximum Gasteiger partial charge on any atom is 0.312 e.